The molecular weight excluding hydrogens is 385 g/mol. The van der Waals surface area contributed by atoms with Gasteiger partial charge in [-0.05, 0) is 0 Å². The van der Waals surface area contributed by atoms with Crippen LogP contribution in [0.1, 0.15) is 6.42 Å². The van der Waals surface area contributed by atoms with E-state index in [0.29, 0.717) is 0 Å². The molecule has 0 aromatic rings. The second-order valence-electron chi connectivity index (χ2n) is 0.354. The van der Waals surface area contributed by atoms with Gasteiger partial charge < -0.3 is 20.3 Å². The summed E-state index contributed by atoms with van der Waals surface area (Å²) < 4.78 is 0. The largest absolute Gasteiger partial charge is 0.372 e. The van der Waals surface area contributed by atoms with Crippen LogP contribution in [0.3, 0.4) is 0 Å². The number of hydrogen-bond acceptors (Lipinski definition) is 0. The molecule has 0 saturated carbocycles. The Kier molecular flexibility index (Phi) is 124. The van der Waals surface area contributed by atoms with Gasteiger partial charge in [0.2, 0.25) is 0 Å². The normalized spacial score (nSPS) is 2.57. The van der Waals surface area contributed by atoms with Crippen LogP contribution in [-0.2, 0) is 65.4 Å². The smallest absolute Gasteiger partial charge is 0 e. The molecular formula is C3H6Rb2Y2-2. The van der Waals surface area contributed by atoms with Crippen molar-refractivity contribution < 1.29 is 65.4 Å². The molecule has 4 radical (unpaired) electrons. The first-order valence-electron chi connectivity index (χ1n) is 1.000. The van der Waals surface area contributed by atoms with Crippen molar-refractivity contribution in [3.05, 3.63) is 13.8 Å². The predicted octanol–water partition coefficient (Wildman–Crippen LogP) is 0.278. The summed E-state index contributed by atoms with van der Waals surface area (Å²) in [6, 6.07) is 0. The Morgan fingerprint density at radius 3 is 0.857 bits per heavy atom. The Morgan fingerprint density at radius 2 is 0.857 bits per heavy atom. The molecule has 0 unspecified atom stereocenters. The van der Waals surface area contributed by atoms with Crippen LogP contribution in [0.5, 0.6) is 0 Å². The van der Waals surface area contributed by atoms with E-state index in [0.717, 1.165) is 6.42 Å². The third-order valence-electron chi connectivity index (χ3n) is 0. The summed E-state index contributed by atoms with van der Waals surface area (Å²) in [7, 11) is 0. The topological polar surface area (TPSA) is 0 Å². The van der Waals surface area contributed by atoms with Crippen molar-refractivity contribution in [2.45, 2.75) is 6.42 Å². The van der Waals surface area contributed by atoms with Crippen LogP contribution < -0.4 is 0 Å². The summed E-state index contributed by atoms with van der Waals surface area (Å²) in [5.41, 5.74) is 0. The van der Waals surface area contributed by atoms with E-state index in [9.17, 15) is 0 Å². The van der Waals surface area contributed by atoms with Crippen molar-refractivity contribution in [2.75, 3.05) is 0 Å². The predicted molar refractivity (Wildman–Crippen MR) is 26.8 cm³/mol. The molecule has 28 valence electrons. The first-order valence-corrected chi connectivity index (χ1v) is 1.000. The van der Waals surface area contributed by atoms with E-state index in [-0.39, 0.29) is 182 Å². The molecule has 0 aliphatic heterocycles. The molecule has 0 aliphatic rings. The molecule has 7 heavy (non-hydrogen) atoms. The summed E-state index contributed by atoms with van der Waals surface area (Å²) >= 11 is 0. The fraction of sp³-hybridized carbons (Fsp3) is 0.333. The summed E-state index contributed by atoms with van der Waals surface area (Å²) in [6.45, 7) is 6.75. The first kappa shape index (κ1) is 29.3. The number of hydrogen-bond donors (Lipinski definition) is 0. The SMILES string of the molecule is [CH2-]C[CH2-].[Rb].[Rb].[Y].[Y]. The third kappa shape index (κ3) is 33.7. The minimum absolute atomic E-state index is 0. The van der Waals surface area contributed by atoms with Crippen LogP contribution in [0, 0.1) is 13.8 Å². The van der Waals surface area contributed by atoms with Gasteiger partial charge in [0.05, 0.1) is 0 Å². The maximum atomic E-state index is 3.38. The van der Waals surface area contributed by atoms with Crippen molar-refractivity contribution >= 4 is 116 Å². The van der Waals surface area contributed by atoms with Gasteiger partial charge in [-0.1, -0.05) is 0 Å². The van der Waals surface area contributed by atoms with Gasteiger partial charge in [-0.3, -0.25) is 0 Å². The molecule has 4 heteroatoms. The Balaban J connectivity index is -0.00000000333. The summed E-state index contributed by atoms with van der Waals surface area (Å²) in [5, 5.41) is 0. The van der Waals surface area contributed by atoms with E-state index in [1.54, 1.807) is 0 Å². The molecule has 0 N–H and O–H groups in total. The first-order chi connectivity index (χ1) is 1.41. The molecule has 0 spiro atoms. The second-order valence-corrected chi connectivity index (χ2v) is 0.354. The van der Waals surface area contributed by atoms with Crippen LogP contribution in [0.25, 0.3) is 0 Å². The Labute approximate surface area is 195 Å². The maximum Gasteiger partial charge on any atom is 0 e. The van der Waals surface area contributed by atoms with E-state index in [1.807, 2.05) is 0 Å². The minimum atomic E-state index is 0. The second kappa shape index (κ2) is 29.8. The number of rotatable bonds is 0. The van der Waals surface area contributed by atoms with E-state index in [1.165, 1.54) is 0 Å². The molecule has 0 amide bonds. The van der Waals surface area contributed by atoms with Crippen LogP contribution in [-0.4, -0.2) is 116 Å². The Morgan fingerprint density at radius 1 is 0.857 bits per heavy atom. The fourth-order valence-corrected chi connectivity index (χ4v) is 0. The molecule has 0 atom stereocenters. The zero-order chi connectivity index (χ0) is 2.71. The van der Waals surface area contributed by atoms with E-state index in [2.05, 4.69) is 13.8 Å². The quantitative estimate of drug-likeness (QED) is 0.521. The van der Waals surface area contributed by atoms with Gasteiger partial charge in [0.25, 0.3) is 0 Å². The van der Waals surface area contributed by atoms with Crippen LogP contribution in [0.15, 0.2) is 0 Å². The molecule has 0 aromatic heterocycles. The van der Waals surface area contributed by atoms with Gasteiger partial charge in [0.1, 0.15) is 0 Å². The molecule has 0 nitrogen and oxygen atoms in total. The van der Waals surface area contributed by atoms with Gasteiger partial charge in [-0.15, -0.1) is 0 Å². The molecule has 0 fully saturated rings. The standard InChI is InChI=1S/C3H6.2Rb.2Y/c1-3-2;;;;/h1-3H2;;;;/q-2;;;;. The third-order valence-corrected chi connectivity index (χ3v) is 0. The van der Waals surface area contributed by atoms with Crippen molar-refractivity contribution in [3.8, 4) is 0 Å². The van der Waals surface area contributed by atoms with E-state index < -0.39 is 0 Å². The molecule has 0 rings (SSSR count). The van der Waals surface area contributed by atoms with Gasteiger partial charge in [0.15, 0.2) is 0 Å². The van der Waals surface area contributed by atoms with Gasteiger partial charge in [0, 0.05) is 182 Å². The maximum absolute atomic E-state index is 3.38. The average molecular weight is 391 g/mol. The summed E-state index contributed by atoms with van der Waals surface area (Å²) in [5.74, 6) is 0. The average Bonchev–Trinajstić information content (AvgIpc) is 0.918. The molecule has 0 aromatic carbocycles. The van der Waals surface area contributed by atoms with Crippen molar-refractivity contribution in [3.63, 3.8) is 0 Å². The fourth-order valence-electron chi connectivity index (χ4n) is 0. The Hall–Kier alpha value is 5.82. The van der Waals surface area contributed by atoms with Crippen LogP contribution in [0.2, 0.25) is 0 Å². The molecule has 0 bridgehead atoms. The van der Waals surface area contributed by atoms with Crippen LogP contribution in [0.4, 0.5) is 0 Å². The van der Waals surface area contributed by atoms with Gasteiger partial charge in [-0.2, -0.15) is 0 Å². The van der Waals surface area contributed by atoms with E-state index in [4.69, 9.17) is 0 Å². The van der Waals surface area contributed by atoms with Gasteiger partial charge >= 0.3 is 0 Å². The molecule has 0 aliphatic carbocycles. The minimum Gasteiger partial charge on any atom is -0.372 e. The zero-order valence-corrected chi connectivity index (χ0v) is 20.8. The molecule has 0 heterocycles. The van der Waals surface area contributed by atoms with Crippen LogP contribution >= 0.6 is 0 Å². The molecule has 0 saturated heterocycles. The van der Waals surface area contributed by atoms with Crippen molar-refractivity contribution in [2.24, 2.45) is 0 Å². The summed E-state index contributed by atoms with van der Waals surface area (Å²) in [4.78, 5) is 0. The van der Waals surface area contributed by atoms with Gasteiger partial charge in [-0.25, -0.2) is 0 Å². The van der Waals surface area contributed by atoms with Crippen molar-refractivity contribution in [1.82, 2.24) is 0 Å². The monoisotopic (exact) mass is 390 g/mol. The van der Waals surface area contributed by atoms with E-state index >= 15 is 0 Å². The van der Waals surface area contributed by atoms with Crippen molar-refractivity contribution in [1.29, 1.82) is 0 Å². The Bertz CT molecular complexity index is 10.9. The zero-order valence-electron chi connectivity index (χ0n) is 5.28. The summed E-state index contributed by atoms with van der Waals surface area (Å²) in [6.07, 6.45) is 0.750.